The maximum absolute atomic E-state index is 11.9. The Bertz CT molecular complexity index is 662. The summed E-state index contributed by atoms with van der Waals surface area (Å²) in [5.41, 5.74) is 2.56. The topological polar surface area (TPSA) is 78.9 Å². The van der Waals surface area contributed by atoms with Gasteiger partial charge in [0, 0.05) is 6.20 Å². The first-order chi connectivity index (χ1) is 9.02. The molecule has 2 N–H and O–H groups in total. The zero-order valence-corrected chi connectivity index (χ0v) is 11.3. The molecule has 0 aliphatic rings. The summed E-state index contributed by atoms with van der Waals surface area (Å²) in [5, 5.41) is 9.85. The van der Waals surface area contributed by atoms with Crippen LogP contribution in [0.5, 0.6) is 5.88 Å². The number of H-pyrrole nitrogens is 1. The van der Waals surface area contributed by atoms with Crippen LogP contribution in [0.25, 0.3) is 11.5 Å². The molecule has 100 valence electrons. The van der Waals surface area contributed by atoms with E-state index in [1.54, 1.807) is 6.20 Å². The van der Waals surface area contributed by atoms with Crippen molar-refractivity contribution in [2.75, 3.05) is 0 Å². The average Bonchev–Trinajstić information content (AvgIpc) is 2.33. The summed E-state index contributed by atoms with van der Waals surface area (Å²) in [5.74, 6) is 0.0993. The van der Waals surface area contributed by atoms with E-state index in [0.717, 1.165) is 17.5 Å². The lowest BCUT2D eigenvalue weighted by Crippen LogP contribution is -2.15. The third-order valence-corrected chi connectivity index (χ3v) is 2.93. The lowest BCUT2D eigenvalue weighted by Gasteiger charge is -2.07. The summed E-state index contributed by atoms with van der Waals surface area (Å²) in [7, 11) is 0. The van der Waals surface area contributed by atoms with Crippen molar-refractivity contribution in [1.82, 2.24) is 15.0 Å². The highest BCUT2D eigenvalue weighted by Crippen LogP contribution is 2.20. The number of aromatic hydroxyl groups is 1. The second-order valence-electron chi connectivity index (χ2n) is 4.64. The highest BCUT2D eigenvalue weighted by molar-refractivity contribution is 5.55. The fourth-order valence-corrected chi connectivity index (χ4v) is 2.04. The zero-order chi connectivity index (χ0) is 14.0. The van der Waals surface area contributed by atoms with Crippen LogP contribution in [0, 0.1) is 13.8 Å². The van der Waals surface area contributed by atoms with Gasteiger partial charge in [-0.05, 0) is 31.4 Å². The van der Waals surface area contributed by atoms with Crippen molar-refractivity contribution in [2.24, 2.45) is 0 Å². The molecule has 0 aliphatic heterocycles. The van der Waals surface area contributed by atoms with Gasteiger partial charge in [-0.1, -0.05) is 19.4 Å². The van der Waals surface area contributed by atoms with Crippen molar-refractivity contribution in [1.29, 1.82) is 0 Å². The van der Waals surface area contributed by atoms with Gasteiger partial charge in [0.2, 0.25) is 5.88 Å². The number of nitrogens with one attached hydrogen (secondary N) is 1. The first kappa shape index (κ1) is 13.3. The van der Waals surface area contributed by atoms with Crippen LogP contribution in [-0.2, 0) is 6.42 Å². The van der Waals surface area contributed by atoms with Gasteiger partial charge < -0.3 is 10.1 Å². The second kappa shape index (κ2) is 5.22. The van der Waals surface area contributed by atoms with Gasteiger partial charge >= 0.3 is 0 Å². The monoisotopic (exact) mass is 259 g/mol. The zero-order valence-electron chi connectivity index (χ0n) is 11.3. The van der Waals surface area contributed by atoms with Gasteiger partial charge in [-0.2, -0.15) is 4.98 Å². The Labute approximate surface area is 111 Å². The second-order valence-corrected chi connectivity index (χ2v) is 4.64. The molecule has 0 aliphatic carbocycles. The molecule has 5 heteroatoms. The van der Waals surface area contributed by atoms with Crippen LogP contribution in [0.3, 0.4) is 0 Å². The number of hydrogen-bond acceptors (Lipinski definition) is 4. The number of aryl methyl sites for hydroxylation is 2. The fourth-order valence-electron chi connectivity index (χ4n) is 2.04. The van der Waals surface area contributed by atoms with E-state index in [1.807, 2.05) is 26.8 Å². The number of aromatic amines is 1. The number of aromatic nitrogens is 3. The van der Waals surface area contributed by atoms with Gasteiger partial charge in [0.1, 0.15) is 5.69 Å². The molecule has 2 aromatic heterocycles. The molecular formula is C14H17N3O2. The Morgan fingerprint density at radius 1 is 1.37 bits per heavy atom. The lowest BCUT2D eigenvalue weighted by molar-refractivity contribution is 0.443. The third kappa shape index (κ3) is 2.65. The number of rotatable bonds is 3. The molecule has 0 fully saturated rings. The van der Waals surface area contributed by atoms with Crippen molar-refractivity contribution >= 4 is 0 Å². The summed E-state index contributed by atoms with van der Waals surface area (Å²) in [4.78, 5) is 22.9. The van der Waals surface area contributed by atoms with Gasteiger partial charge in [0.25, 0.3) is 5.56 Å². The van der Waals surface area contributed by atoms with Crippen LogP contribution in [0.15, 0.2) is 17.1 Å². The van der Waals surface area contributed by atoms with E-state index < -0.39 is 0 Å². The van der Waals surface area contributed by atoms with Crippen molar-refractivity contribution in [3.63, 3.8) is 0 Å². The van der Waals surface area contributed by atoms with Crippen LogP contribution >= 0.6 is 0 Å². The third-order valence-electron chi connectivity index (χ3n) is 2.93. The number of hydrogen-bond donors (Lipinski definition) is 2. The van der Waals surface area contributed by atoms with E-state index in [2.05, 4.69) is 15.0 Å². The minimum absolute atomic E-state index is 0.206. The summed E-state index contributed by atoms with van der Waals surface area (Å²) < 4.78 is 0. The molecule has 0 radical (unpaired) electrons. The average molecular weight is 259 g/mol. The molecule has 0 amide bonds. The van der Waals surface area contributed by atoms with Gasteiger partial charge in [0.15, 0.2) is 5.82 Å². The largest absolute Gasteiger partial charge is 0.493 e. The minimum Gasteiger partial charge on any atom is -0.493 e. The summed E-state index contributed by atoms with van der Waals surface area (Å²) in [6, 6.07) is 1.96. The molecule has 2 rings (SSSR count). The van der Waals surface area contributed by atoms with Gasteiger partial charge in [-0.25, -0.2) is 0 Å². The van der Waals surface area contributed by atoms with Crippen LogP contribution in [0.4, 0.5) is 0 Å². The normalized spacial score (nSPS) is 10.7. The van der Waals surface area contributed by atoms with Crippen molar-refractivity contribution in [3.05, 3.63) is 39.3 Å². The molecule has 2 aromatic rings. The Kier molecular flexibility index (Phi) is 3.64. The molecule has 0 atom stereocenters. The Morgan fingerprint density at radius 3 is 2.68 bits per heavy atom. The molecule has 0 unspecified atom stereocenters. The minimum atomic E-state index is -0.300. The smallest absolute Gasteiger partial charge is 0.258 e. The SMILES string of the molecule is CCCc1c(O)nc(-c2ncc(C)cc2C)[nH]c1=O. The van der Waals surface area contributed by atoms with Crippen molar-refractivity contribution < 1.29 is 5.11 Å². The van der Waals surface area contributed by atoms with Crippen LogP contribution < -0.4 is 5.56 Å². The predicted octanol–water partition coefficient (Wildman–Crippen LogP) is 2.11. The maximum atomic E-state index is 11.9. The summed E-state index contributed by atoms with van der Waals surface area (Å²) in [6.45, 7) is 5.78. The molecule has 0 bridgehead atoms. The number of nitrogens with zero attached hydrogens (tertiary/aromatic N) is 2. The van der Waals surface area contributed by atoms with Crippen molar-refractivity contribution in [3.8, 4) is 17.4 Å². The first-order valence-corrected chi connectivity index (χ1v) is 6.28. The number of pyridine rings is 1. The van der Waals surface area contributed by atoms with E-state index in [9.17, 15) is 9.90 Å². The van der Waals surface area contributed by atoms with E-state index in [-0.39, 0.29) is 11.4 Å². The highest BCUT2D eigenvalue weighted by Gasteiger charge is 2.13. The molecule has 0 saturated heterocycles. The van der Waals surface area contributed by atoms with E-state index in [4.69, 9.17) is 0 Å². The van der Waals surface area contributed by atoms with E-state index in [1.165, 1.54) is 0 Å². The maximum Gasteiger partial charge on any atom is 0.258 e. The Hall–Kier alpha value is -2.17. The molecule has 5 nitrogen and oxygen atoms in total. The standard InChI is InChI=1S/C14H17N3O2/c1-4-5-10-13(18)16-12(17-14(10)19)11-9(3)6-8(2)7-15-11/h6-7H,4-5H2,1-3H3,(H2,16,17,18,19). The molecule has 2 heterocycles. The summed E-state index contributed by atoms with van der Waals surface area (Å²) in [6.07, 6.45) is 2.99. The molecule has 19 heavy (non-hydrogen) atoms. The predicted molar refractivity (Wildman–Crippen MR) is 73.2 cm³/mol. The fraction of sp³-hybridized carbons (Fsp3) is 0.357. The summed E-state index contributed by atoms with van der Waals surface area (Å²) >= 11 is 0. The van der Waals surface area contributed by atoms with E-state index >= 15 is 0 Å². The van der Waals surface area contributed by atoms with Gasteiger partial charge in [0.05, 0.1) is 5.56 Å². The Balaban J connectivity index is 2.55. The van der Waals surface area contributed by atoms with Crippen LogP contribution in [0.2, 0.25) is 0 Å². The van der Waals surface area contributed by atoms with Crippen LogP contribution in [-0.4, -0.2) is 20.1 Å². The van der Waals surface area contributed by atoms with Crippen molar-refractivity contribution in [2.45, 2.75) is 33.6 Å². The lowest BCUT2D eigenvalue weighted by atomic mass is 10.1. The Morgan fingerprint density at radius 2 is 2.11 bits per heavy atom. The highest BCUT2D eigenvalue weighted by atomic mass is 16.3. The quantitative estimate of drug-likeness (QED) is 0.884. The van der Waals surface area contributed by atoms with Crippen LogP contribution in [0.1, 0.15) is 30.0 Å². The molecule has 0 aromatic carbocycles. The van der Waals surface area contributed by atoms with Gasteiger partial charge in [-0.3, -0.25) is 9.78 Å². The first-order valence-electron chi connectivity index (χ1n) is 6.28. The van der Waals surface area contributed by atoms with Gasteiger partial charge in [-0.15, -0.1) is 0 Å². The molecular weight excluding hydrogens is 242 g/mol. The molecule has 0 spiro atoms. The van der Waals surface area contributed by atoms with E-state index in [0.29, 0.717) is 23.5 Å². The molecule has 0 saturated carbocycles.